The van der Waals surface area contributed by atoms with Crippen molar-refractivity contribution in [1.29, 1.82) is 0 Å². The van der Waals surface area contributed by atoms with Crippen LogP contribution in [0.4, 0.5) is 5.69 Å². The maximum atomic E-state index is 12.3. The third kappa shape index (κ3) is 2.62. The molecule has 0 aliphatic carbocycles. The lowest BCUT2D eigenvalue weighted by molar-refractivity contribution is 0.280. The van der Waals surface area contributed by atoms with Crippen LogP contribution in [0.15, 0.2) is 29.2 Å². The predicted octanol–water partition coefficient (Wildman–Crippen LogP) is 1.47. The molecular formula is C12H18N2OS. The molecule has 3 nitrogen and oxygen atoms in total. The van der Waals surface area contributed by atoms with Crippen molar-refractivity contribution in [2.75, 3.05) is 25.9 Å². The van der Waals surface area contributed by atoms with E-state index in [1.165, 1.54) is 0 Å². The lowest BCUT2D eigenvalue weighted by Crippen LogP contribution is -2.34. The van der Waals surface area contributed by atoms with Crippen LogP contribution >= 0.6 is 0 Å². The maximum Gasteiger partial charge on any atom is 0.0561 e. The molecule has 0 spiro atoms. The summed E-state index contributed by atoms with van der Waals surface area (Å²) in [7, 11) is 1.24. The maximum absolute atomic E-state index is 12.3. The first-order valence-electron chi connectivity index (χ1n) is 5.61. The van der Waals surface area contributed by atoms with Crippen LogP contribution < -0.4 is 5.73 Å². The van der Waals surface area contributed by atoms with Crippen molar-refractivity contribution in [2.45, 2.75) is 23.0 Å². The highest BCUT2D eigenvalue weighted by Gasteiger charge is 2.22. The number of rotatable bonds is 2. The van der Waals surface area contributed by atoms with E-state index in [0.717, 1.165) is 36.5 Å². The van der Waals surface area contributed by atoms with Gasteiger partial charge in [0, 0.05) is 15.8 Å². The fourth-order valence-corrected chi connectivity index (χ4v) is 3.42. The number of hydrogen-bond acceptors (Lipinski definition) is 3. The summed E-state index contributed by atoms with van der Waals surface area (Å²) in [6.45, 7) is 2.09. The van der Waals surface area contributed by atoms with Crippen molar-refractivity contribution in [3.05, 3.63) is 24.3 Å². The molecule has 0 saturated carbocycles. The van der Waals surface area contributed by atoms with Gasteiger partial charge in [-0.25, -0.2) is 0 Å². The van der Waals surface area contributed by atoms with Gasteiger partial charge in [0.05, 0.1) is 10.8 Å². The summed E-state index contributed by atoms with van der Waals surface area (Å²) in [6, 6.07) is 7.40. The van der Waals surface area contributed by atoms with Gasteiger partial charge in [0.1, 0.15) is 0 Å². The summed E-state index contributed by atoms with van der Waals surface area (Å²) in [6.07, 6.45) is 2.04. The van der Waals surface area contributed by atoms with Crippen LogP contribution in [0, 0.1) is 0 Å². The van der Waals surface area contributed by atoms with Crippen LogP contribution in [-0.4, -0.2) is 34.5 Å². The average Bonchev–Trinajstić information content (AvgIpc) is 2.30. The van der Waals surface area contributed by atoms with Gasteiger partial charge in [-0.3, -0.25) is 4.21 Å². The Morgan fingerprint density at radius 2 is 1.81 bits per heavy atom. The number of anilines is 1. The number of hydrogen-bond donors (Lipinski definition) is 1. The zero-order valence-electron chi connectivity index (χ0n) is 9.56. The molecule has 2 N–H and O–H groups in total. The summed E-state index contributed by atoms with van der Waals surface area (Å²) >= 11 is 0. The number of benzene rings is 1. The summed E-state index contributed by atoms with van der Waals surface area (Å²) in [5.41, 5.74) is 6.34. The Bertz CT molecular complexity index is 369. The quantitative estimate of drug-likeness (QED) is 0.794. The first-order valence-corrected chi connectivity index (χ1v) is 6.83. The third-order valence-electron chi connectivity index (χ3n) is 3.08. The molecule has 4 heteroatoms. The minimum Gasteiger partial charge on any atom is -0.399 e. The van der Waals surface area contributed by atoms with E-state index in [1.807, 2.05) is 24.3 Å². The van der Waals surface area contributed by atoms with Crippen LogP contribution in [0.25, 0.3) is 0 Å². The SMILES string of the molecule is CN1CCC([S@](=O)c2ccc(N)cc2)CC1. The minimum absolute atomic E-state index is 0.305. The molecule has 1 saturated heterocycles. The molecule has 1 aliphatic rings. The molecule has 0 amide bonds. The first kappa shape index (κ1) is 11.6. The van der Waals surface area contributed by atoms with Crippen LogP contribution in [0.2, 0.25) is 0 Å². The van der Waals surface area contributed by atoms with Gasteiger partial charge in [-0.1, -0.05) is 0 Å². The molecule has 1 aromatic carbocycles. The summed E-state index contributed by atoms with van der Waals surface area (Å²) in [5, 5.41) is 0.305. The Labute approximate surface area is 99.1 Å². The van der Waals surface area contributed by atoms with E-state index in [0.29, 0.717) is 5.25 Å². The summed E-state index contributed by atoms with van der Waals surface area (Å²) < 4.78 is 12.3. The zero-order valence-corrected chi connectivity index (χ0v) is 10.4. The summed E-state index contributed by atoms with van der Waals surface area (Å²) in [4.78, 5) is 3.19. The molecular weight excluding hydrogens is 220 g/mol. The van der Waals surface area contributed by atoms with Crippen molar-refractivity contribution >= 4 is 16.5 Å². The molecule has 0 bridgehead atoms. The smallest absolute Gasteiger partial charge is 0.0561 e. The molecule has 1 aromatic rings. The monoisotopic (exact) mass is 238 g/mol. The Hall–Kier alpha value is -0.870. The van der Waals surface area contributed by atoms with Crippen molar-refractivity contribution < 1.29 is 4.21 Å². The Morgan fingerprint density at radius 3 is 2.38 bits per heavy atom. The van der Waals surface area contributed by atoms with Crippen molar-refractivity contribution in [3.63, 3.8) is 0 Å². The van der Waals surface area contributed by atoms with E-state index in [1.54, 1.807) is 0 Å². The molecule has 0 unspecified atom stereocenters. The molecule has 1 fully saturated rings. The van der Waals surface area contributed by atoms with E-state index in [9.17, 15) is 4.21 Å². The highest BCUT2D eigenvalue weighted by atomic mass is 32.2. The normalized spacial score (nSPS) is 20.8. The van der Waals surface area contributed by atoms with E-state index in [2.05, 4.69) is 11.9 Å². The van der Waals surface area contributed by atoms with E-state index >= 15 is 0 Å². The molecule has 1 heterocycles. The molecule has 16 heavy (non-hydrogen) atoms. The molecule has 1 aliphatic heterocycles. The lowest BCUT2D eigenvalue weighted by Gasteiger charge is -2.28. The molecule has 0 aromatic heterocycles. The van der Waals surface area contributed by atoms with Gasteiger partial charge in [0.2, 0.25) is 0 Å². The first-order chi connectivity index (χ1) is 7.66. The highest BCUT2D eigenvalue weighted by molar-refractivity contribution is 7.85. The number of nitrogen functional groups attached to an aromatic ring is 1. The van der Waals surface area contributed by atoms with E-state index in [-0.39, 0.29) is 0 Å². The molecule has 88 valence electrons. The zero-order chi connectivity index (χ0) is 11.5. The fourth-order valence-electron chi connectivity index (χ4n) is 1.99. The minimum atomic E-state index is -0.875. The van der Waals surface area contributed by atoms with Gasteiger partial charge in [0.25, 0.3) is 0 Å². The highest BCUT2D eigenvalue weighted by Crippen LogP contribution is 2.21. The molecule has 0 radical (unpaired) electrons. The predicted molar refractivity (Wildman–Crippen MR) is 67.8 cm³/mol. The van der Waals surface area contributed by atoms with Crippen LogP contribution in [0.3, 0.4) is 0 Å². The Balaban J connectivity index is 2.05. The van der Waals surface area contributed by atoms with Crippen molar-refractivity contribution in [1.82, 2.24) is 4.90 Å². The van der Waals surface area contributed by atoms with Gasteiger partial charge >= 0.3 is 0 Å². The van der Waals surface area contributed by atoms with Gasteiger partial charge in [-0.15, -0.1) is 0 Å². The third-order valence-corrected chi connectivity index (χ3v) is 4.89. The molecule has 1 atom stereocenters. The Kier molecular flexibility index (Phi) is 3.61. The van der Waals surface area contributed by atoms with Crippen molar-refractivity contribution in [3.8, 4) is 0 Å². The summed E-state index contributed by atoms with van der Waals surface area (Å²) in [5.74, 6) is 0. The lowest BCUT2D eigenvalue weighted by atomic mass is 10.1. The second-order valence-electron chi connectivity index (χ2n) is 4.37. The van der Waals surface area contributed by atoms with Gasteiger partial charge in [0.15, 0.2) is 0 Å². The van der Waals surface area contributed by atoms with Gasteiger partial charge < -0.3 is 10.6 Å². The second kappa shape index (κ2) is 4.97. The number of piperidine rings is 1. The molecule has 2 rings (SSSR count). The van der Waals surface area contributed by atoms with Crippen molar-refractivity contribution in [2.24, 2.45) is 0 Å². The second-order valence-corrected chi connectivity index (χ2v) is 6.10. The fraction of sp³-hybridized carbons (Fsp3) is 0.500. The average molecular weight is 238 g/mol. The Morgan fingerprint density at radius 1 is 1.25 bits per heavy atom. The standard InChI is InChI=1S/C12H18N2OS/c1-14-8-6-12(7-9-14)16(15)11-4-2-10(13)3-5-11/h2-5,12H,6-9,13H2,1H3/t16-/m1/s1. The van der Waals surface area contributed by atoms with Crippen LogP contribution in [0.1, 0.15) is 12.8 Å². The van der Waals surface area contributed by atoms with E-state index < -0.39 is 10.8 Å². The van der Waals surface area contributed by atoms with E-state index in [4.69, 9.17) is 5.73 Å². The van der Waals surface area contributed by atoms with Gasteiger partial charge in [-0.2, -0.15) is 0 Å². The van der Waals surface area contributed by atoms with Crippen LogP contribution in [-0.2, 0) is 10.8 Å². The topological polar surface area (TPSA) is 46.3 Å². The van der Waals surface area contributed by atoms with Gasteiger partial charge in [-0.05, 0) is 57.2 Å². The number of nitrogens with zero attached hydrogens (tertiary/aromatic N) is 1. The largest absolute Gasteiger partial charge is 0.399 e. The number of likely N-dealkylation sites (tertiary alicyclic amines) is 1. The van der Waals surface area contributed by atoms with Crippen LogP contribution in [0.5, 0.6) is 0 Å². The number of nitrogens with two attached hydrogens (primary N) is 1.